The molecular formula is C18H25F3N4O2. The predicted molar refractivity (Wildman–Crippen MR) is 94.2 cm³/mol. The van der Waals surface area contributed by atoms with Gasteiger partial charge in [-0.05, 0) is 32.9 Å². The summed E-state index contributed by atoms with van der Waals surface area (Å²) < 4.78 is 38.1. The Labute approximate surface area is 156 Å². The van der Waals surface area contributed by atoms with Gasteiger partial charge in [0.1, 0.15) is 5.69 Å². The van der Waals surface area contributed by atoms with Crippen molar-refractivity contribution in [3.8, 4) is 0 Å². The first-order valence-corrected chi connectivity index (χ1v) is 9.01. The maximum atomic E-state index is 12.7. The van der Waals surface area contributed by atoms with Crippen LogP contribution in [-0.4, -0.2) is 77.3 Å². The normalized spacial score (nSPS) is 15.7. The van der Waals surface area contributed by atoms with Crippen molar-refractivity contribution in [3.63, 3.8) is 0 Å². The number of halogens is 3. The lowest BCUT2D eigenvalue weighted by Gasteiger charge is -2.35. The van der Waals surface area contributed by atoms with Crippen molar-refractivity contribution in [1.29, 1.82) is 0 Å². The van der Waals surface area contributed by atoms with Crippen molar-refractivity contribution >= 4 is 11.8 Å². The van der Waals surface area contributed by atoms with Gasteiger partial charge in [0.05, 0.1) is 17.8 Å². The van der Waals surface area contributed by atoms with Crippen molar-refractivity contribution in [2.45, 2.75) is 26.9 Å². The van der Waals surface area contributed by atoms with Crippen molar-refractivity contribution in [2.75, 3.05) is 45.8 Å². The fraction of sp³-hybridized carbons (Fsp3) is 0.611. The molecule has 1 saturated heterocycles. The Morgan fingerprint density at radius 3 is 2.19 bits per heavy atom. The zero-order valence-corrected chi connectivity index (χ0v) is 15.8. The molecule has 1 aromatic rings. The molecule has 0 aliphatic carbocycles. The summed E-state index contributed by atoms with van der Waals surface area (Å²) in [5.74, 6) is -0.272. The molecule has 2 amide bonds. The van der Waals surface area contributed by atoms with Crippen LogP contribution in [0, 0.1) is 6.92 Å². The molecule has 1 fully saturated rings. The number of hydrogen-bond donors (Lipinski definition) is 0. The van der Waals surface area contributed by atoms with Crippen LogP contribution in [0.3, 0.4) is 0 Å². The van der Waals surface area contributed by atoms with Crippen LogP contribution in [0.4, 0.5) is 13.2 Å². The number of alkyl halides is 3. The molecule has 1 aliphatic heterocycles. The number of aromatic nitrogens is 1. The van der Waals surface area contributed by atoms with E-state index >= 15 is 0 Å². The Morgan fingerprint density at radius 2 is 1.70 bits per heavy atom. The van der Waals surface area contributed by atoms with E-state index in [2.05, 4.69) is 4.98 Å². The third-order valence-electron chi connectivity index (χ3n) is 4.74. The van der Waals surface area contributed by atoms with E-state index in [0.29, 0.717) is 45.8 Å². The molecule has 0 radical (unpaired) electrons. The summed E-state index contributed by atoms with van der Waals surface area (Å²) in [6, 6.07) is 2.02. The van der Waals surface area contributed by atoms with E-state index in [0.717, 1.165) is 6.07 Å². The molecule has 2 rings (SSSR count). The first kappa shape index (κ1) is 21.1. The highest BCUT2D eigenvalue weighted by Gasteiger charge is 2.33. The molecule has 0 aromatic carbocycles. The number of amides is 2. The van der Waals surface area contributed by atoms with E-state index in [4.69, 9.17) is 0 Å². The molecule has 150 valence electrons. The Hall–Kier alpha value is -2.16. The summed E-state index contributed by atoms with van der Waals surface area (Å²) in [6.07, 6.45) is -4.53. The highest BCUT2D eigenvalue weighted by molar-refractivity contribution is 5.95. The summed E-state index contributed by atoms with van der Waals surface area (Å²) in [5.41, 5.74) is -0.763. The van der Waals surface area contributed by atoms with Crippen molar-refractivity contribution in [2.24, 2.45) is 0 Å². The molecular weight excluding hydrogens is 361 g/mol. The lowest BCUT2D eigenvalue weighted by atomic mass is 10.1. The molecule has 1 aromatic heterocycles. The van der Waals surface area contributed by atoms with Gasteiger partial charge in [-0.15, -0.1) is 0 Å². The van der Waals surface area contributed by atoms with Crippen LogP contribution in [0.25, 0.3) is 0 Å². The maximum absolute atomic E-state index is 12.7. The van der Waals surface area contributed by atoms with E-state index in [-0.39, 0.29) is 23.1 Å². The lowest BCUT2D eigenvalue weighted by molar-refractivity contribution is -0.141. The highest BCUT2D eigenvalue weighted by Crippen LogP contribution is 2.28. The first-order chi connectivity index (χ1) is 12.7. The molecule has 2 heterocycles. The fourth-order valence-corrected chi connectivity index (χ4v) is 3.09. The Bertz CT molecular complexity index is 682. The number of carbonyl (C=O) groups excluding carboxylic acids is 2. The van der Waals surface area contributed by atoms with Crippen LogP contribution >= 0.6 is 0 Å². The maximum Gasteiger partial charge on any atom is 0.433 e. The van der Waals surface area contributed by atoms with Gasteiger partial charge in [-0.1, -0.05) is 0 Å². The molecule has 6 nitrogen and oxygen atoms in total. The van der Waals surface area contributed by atoms with Crippen LogP contribution in [-0.2, 0) is 11.0 Å². The average Bonchev–Trinajstić information content (AvgIpc) is 2.62. The van der Waals surface area contributed by atoms with Crippen LogP contribution in [0.5, 0.6) is 0 Å². The molecule has 0 bridgehead atoms. The predicted octanol–water partition coefficient (Wildman–Crippen LogP) is 2.04. The van der Waals surface area contributed by atoms with E-state index < -0.39 is 11.9 Å². The number of pyridine rings is 1. The molecule has 0 saturated carbocycles. The molecule has 0 N–H and O–H groups in total. The van der Waals surface area contributed by atoms with Gasteiger partial charge in [0.2, 0.25) is 5.91 Å². The minimum atomic E-state index is -4.53. The monoisotopic (exact) mass is 386 g/mol. The second-order valence-electron chi connectivity index (χ2n) is 6.46. The molecule has 1 aliphatic rings. The summed E-state index contributed by atoms with van der Waals surface area (Å²) in [4.78, 5) is 33.7. The van der Waals surface area contributed by atoms with Crippen molar-refractivity contribution in [3.05, 3.63) is 29.1 Å². The number of nitrogens with zero attached hydrogens (tertiary/aromatic N) is 4. The van der Waals surface area contributed by atoms with E-state index in [1.807, 2.05) is 18.7 Å². The SMILES string of the molecule is CCN(CC)C(=O)CN1CCN(C(=O)c2ccc(C(F)(F)F)nc2C)CC1. The summed E-state index contributed by atoms with van der Waals surface area (Å²) in [7, 11) is 0. The topological polar surface area (TPSA) is 56.8 Å². The van der Waals surface area contributed by atoms with E-state index in [1.165, 1.54) is 13.0 Å². The molecule has 0 atom stereocenters. The van der Waals surface area contributed by atoms with Gasteiger partial charge < -0.3 is 9.80 Å². The second-order valence-corrected chi connectivity index (χ2v) is 6.46. The lowest BCUT2D eigenvalue weighted by Crippen LogP contribution is -2.51. The molecule has 9 heteroatoms. The van der Waals surface area contributed by atoms with E-state index in [1.54, 1.807) is 9.80 Å². The molecule has 0 unspecified atom stereocenters. The zero-order valence-electron chi connectivity index (χ0n) is 15.8. The second kappa shape index (κ2) is 8.69. The van der Waals surface area contributed by atoms with E-state index in [9.17, 15) is 22.8 Å². The van der Waals surface area contributed by atoms with Gasteiger partial charge >= 0.3 is 6.18 Å². The largest absolute Gasteiger partial charge is 0.433 e. The molecule has 0 spiro atoms. The first-order valence-electron chi connectivity index (χ1n) is 9.01. The number of hydrogen-bond acceptors (Lipinski definition) is 4. The quantitative estimate of drug-likeness (QED) is 0.777. The number of likely N-dealkylation sites (N-methyl/N-ethyl adjacent to an activating group) is 1. The van der Waals surface area contributed by atoms with Gasteiger partial charge in [-0.3, -0.25) is 14.5 Å². The summed E-state index contributed by atoms with van der Waals surface area (Å²) in [6.45, 7) is 8.83. The Kier molecular flexibility index (Phi) is 6.80. The smallest absolute Gasteiger partial charge is 0.342 e. The molecule has 27 heavy (non-hydrogen) atoms. The van der Waals surface area contributed by atoms with Crippen LogP contribution < -0.4 is 0 Å². The number of aryl methyl sites for hydroxylation is 1. The standard InChI is InChI=1S/C18H25F3N4O2/c1-4-24(5-2)16(26)12-23-8-10-25(11-9-23)17(27)14-6-7-15(18(19,20)21)22-13(14)3/h6-7H,4-5,8-12H2,1-3H3. The third kappa shape index (κ3) is 5.18. The average molecular weight is 386 g/mol. The van der Waals surface area contributed by atoms with Gasteiger partial charge in [0, 0.05) is 39.3 Å². The minimum absolute atomic E-state index is 0.0579. The van der Waals surface area contributed by atoms with Crippen LogP contribution in [0.15, 0.2) is 12.1 Å². The zero-order chi connectivity index (χ0) is 20.2. The fourth-order valence-electron chi connectivity index (χ4n) is 3.09. The summed E-state index contributed by atoms with van der Waals surface area (Å²) in [5, 5.41) is 0. The number of piperazine rings is 1. The van der Waals surface area contributed by atoms with Crippen LogP contribution in [0.1, 0.15) is 35.6 Å². The van der Waals surface area contributed by atoms with Gasteiger partial charge in [0.25, 0.3) is 5.91 Å². The van der Waals surface area contributed by atoms with Crippen molar-refractivity contribution < 1.29 is 22.8 Å². The van der Waals surface area contributed by atoms with Gasteiger partial charge in [-0.25, -0.2) is 4.98 Å². The van der Waals surface area contributed by atoms with Gasteiger partial charge in [-0.2, -0.15) is 13.2 Å². The highest BCUT2D eigenvalue weighted by atomic mass is 19.4. The number of carbonyl (C=O) groups is 2. The number of rotatable bonds is 5. The Balaban J connectivity index is 1.96. The third-order valence-corrected chi connectivity index (χ3v) is 4.74. The Morgan fingerprint density at radius 1 is 1.11 bits per heavy atom. The summed E-state index contributed by atoms with van der Waals surface area (Å²) >= 11 is 0. The van der Waals surface area contributed by atoms with Crippen LogP contribution in [0.2, 0.25) is 0 Å². The van der Waals surface area contributed by atoms with Gasteiger partial charge in [0.15, 0.2) is 0 Å². The van der Waals surface area contributed by atoms with Crippen molar-refractivity contribution in [1.82, 2.24) is 19.7 Å². The minimum Gasteiger partial charge on any atom is -0.342 e.